The first-order valence-corrected chi connectivity index (χ1v) is 5.89. The number of pyridine rings is 1. The summed E-state index contributed by atoms with van der Waals surface area (Å²) in [6.45, 7) is 1.09. The molecule has 1 aromatic heterocycles. The molecule has 0 amide bonds. The molecule has 2 aliphatic rings. The third-order valence-electron chi connectivity index (χ3n) is 3.63. The number of halogens is 2. The van der Waals surface area contributed by atoms with Gasteiger partial charge in [-0.3, -0.25) is 0 Å². The van der Waals surface area contributed by atoms with Crippen LogP contribution in [0.15, 0.2) is 12.3 Å². The highest BCUT2D eigenvalue weighted by Crippen LogP contribution is 2.40. The number of ether oxygens (including phenoxy) is 2. The molecule has 18 heavy (non-hydrogen) atoms. The van der Waals surface area contributed by atoms with Crippen LogP contribution in [0.1, 0.15) is 29.7 Å². The van der Waals surface area contributed by atoms with Crippen molar-refractivity contribution in [2.75, 3.05) is 19.8 Å². The van der Waals surface area contributed by atoms with E-state index in [2.05, 4.69) is 0 Å². The fraction of sp³-hybridized carbons (Fsp3) is 0.583. The maximum atomic E-state index is 13.0. The van der Waals surface area contributed by atoms with Crippen LogP contribution in [-0.4, -0.2) is 19.8 Å². The average molecular weight is 257 g/mol. The zero-order valence-electron chi connectivity index (χ0n) is 9.70. The van der Waals surface area contributed by atoms with Crippen LogP contribution >= 0.6 is 0 Å². The van der Waals surface area contributed by atoms with E-state index in [0.29, 0.717) is 42.0 Å². The minimum atomic E-state index is -2.57. The molecule has 0 aromatic carbocycles. The van der Waals surface area contributed by atoms with Crippen molar-refractivity contribution in [2.45, 2.75) is 24.9 Å². The van der Waals surface area contributed by atoms with E-state index in [1.807, 2.05) is 0 Å². The van der Waals surface area contributed by atoms with Crippen molar-refractivity contribution in [1.82, 2.24) is 0 Å². The monoisotopic (exact) mass is 257 g/mol. The summed E-state index contributed by atoms with van der Waals surface area (Å²) in [6.07, 6.45) is -0.554. The van der Waals surface area contributed by atoms with Crippen molar-refractivity contribution in [3.05, 3.63) is 34.3 Å². The summed E-state index contributed by atoms with van der Waals surface area (Å²) < 4.78 is 37.6. The molecule has 1 saturated heterocycles. The number of hydrogen-bond acceptors (Lipinski definition) is 3. The molecule has 1 atom stereocenters. The molecule has 0 N–H and O–H groups in total. The van der Waals surface area contributed by atoms with Crippen LogP contribution in [0.3, 0.4) is 0 Å². The summed E-state index contributed by atoms with van der Waals surface area (Å²) in [5.74, 6) is 0. The van der Waals surface area contributed by atoms with Gasteiger partial charge in [-0.1, -0.05) is 0 Å². The van der Waals surface area contributed by atoms with Gasteiger partial charge in [0.15, 0.2) is 11.8 Å². The SMILES string of the molecule is [O-][n+]1ccc(C(F)F)c2c1C1(CCOC1)OCC2. The predicted molar refractivity (Wildman–Crippen MR) is 57.1 cm³/mol. The molecule has 0 aliphatic carbocycles. The fourth-order valence-electron chi connectivity index (χ4n) is 2.80. The molecular formula is C12H13F2NO3. The molecule has 1 unspecified atom stereocenters. The van der Waals surface area contributed by atoms with E-state index in [0.717, 1.165) is 6.20 Å². The second kappa shape index (κ2) is 4.13. The lowest BCUT2D eigenvalue weighted by Crippen LogP contribution is -2.48. The fourth-order valence-corrected chi connectivity index (χ4v) is 2.80. The zero-order valence-corrected chi connectivity index (χ0v) is 9.70. The van der Waals surface area contributed by atoms with Gasteiger partial charge in [0.2, 0.25) is 5.69 Å². The Kier molecular flexibility index (Phi) is 2.71. The van der Waals surface area contributed by atoms with Crippen molar-refractivity contribution in [1.29, 1.82) is 0 Å². The van der Waals surface area contributed by atoms with Crippen molar-refractivity contribution in [3.63, 3.8) is 0 Å². The molecule has 3 heterocycles. The van der Waals surface area contributed by atoms with Gasteiger partial charge < -0.3 is 14.7 Å². The molecule has 0 radical (unpaired) electrons. The quantitative estimate of drug-likeness (QED) is 0.565. The van der Waals surface area contributed by atoms with Gasteiger partial charge >= 0.3 is 0 Å². The van der Waals surface area contributed by atoms with Gasteiger partial charge in [0.1, 0.15) is 0 Å². The van der Waals surface area contributed by atoms with Gasteiger partial charge in [0, 0.05) is 30.0 Å². The second-order valence-corrected chi connectivity index (χ2v) is 4.62. The first-order valence-electron chi connectivity index (χ1n) is 5.89. The Balaban J connectivity index is 2.19. The molecule has 3 rings (SSSR count). The summed E-state index contributed by atoms with van der Waals surface area (Å²) in [5.41, 5.74) is -0.157. The highest BCUT2D eigenvalue weighted by atomic mass is 19.3. The molecule has 1 fully saturated rings. The van der Waals surface area contributed by atoms with Crippen LogP contribution in [0, 0.1) is 5.21 Å². The van der Waals surface area contributed by atoms with Crippen LogP contribution < -0.4 is 4.73 Å². The number of hydrogen-bond donors (Lipinski definition) is 0. The van der Waals surface area contributed by atoms with Gasteiger partial charge in [0.05, 0.1) is 19.8 Å². The van der Waals surface area contributed by atoms with Crippen molar-refractivity contribution < 1.29 is 23.0 Å². The third-order valence-corrected chi connectivity index (χ3v) is 3.63. The van der Waals surface area contributed by atoms with Crippen LogP contribution in [0.2, 0.25) is 0 Å². The number of nitrogens with zero attached hydrogens (tertiary/aromatic N) is 1. The van der Waals surface area contributed by atoms with E-state index in [4.69, 9.17) is 9.47 Å². The minimum absolute atomic E-state index is 0.0633. The smallest absolute Gasteiger partial charge is 0.264 e. The Morgan fingerprint density at radius 2 is 2.22 bits per heavy atom. The summed E-state index contributed by atoms with van der Waals surface area (Å²) in [7, 11) is 0. The highest BCUT2D eigenvalue weighted by molar-refractivity contribution is 5.34. The Bertz CT molecular complexity index is 473. The molecule has 6 heteroatoms. The van der Waals surface area contributed by atoms with Crippen molar-refractivity contribution in [2.24, 2.45) is 0 Å². The zero-order chi connectivity index (χ0) is 12.8. The largest absolute Gasteiger partial charge is 0.618 e. The number of rotatable bonds is 1. The number of fused-ring (bicyclic) bond motifs is 2. The summed E-state index contributed by atoms with van der Waals surface area (Å²) in [6, 6.07) is 1.20. The van der Waals surface area contributed by atoms with Gasteiger partial charge in [-0.05, 0) is 0 Å². The van der Waals surface area contributed by atoms with Crippen LogP contribution in [-0.2, 0) is 21.5 Å². The summed E-state index contributed by atoms with van der Waals surface area (Å²) in [4.78, 5) is 0. The lowest BCUT2D eigenvalue weighted by atomic mass is 9.88. The number of alkyl halides is 2. The van der Waals surface area contributed by atoms with E-state index in [1.165, 1.54) is 6.07 Å². The third kappa shape index (κ3) is 1.59. The Morgan fingerprint density at radius 1 is 1.39 bits per heavy atom. The summed E-state index contributed by atoms with van der Waals surface area (Å²) >= 11 is 0. The maximum absolute atomic E-state index is 13.0. The summed E-state index contributed by atoms with van der Waals surface area (Å²) in [5, 5.41) is 11.9. The minimum Gasteiger partial charge on any atom is -0.618 e. The highest BCUT2D eigenvalue weighted by Gasteiger charge is 2.49. The molecule has 1 aromatic rings. The molecule has 0 saturated carbocycles. The molecular weight excluding hydrogens is 244 g/mol. The Morgan fingerprint density at radius 3 is 2.89 bits per heavy atom. The van der Waals surface area contributed by atoms with E-state index < -0.39 is 12.0 Å². The standard InChI is InChI=1S/C12H13F2NO3/c13-11(14)9-1-4-15(16)10-8(9)2-5-18-12(10)3-6-17-7-12/h1,4,11H,2-3,5-7H2. The van der Waals surface area contributed by atoms with Crippen LogP contribution in [0.5, 0.6) is 0 Å². The van der Waals surface area contributed by atoms with E-state index in [-0.39, 0.29) is 12.2 Å². The Hall–Kier alpha value is -1.27. The second-order valence-electron chi connectivity index (χ2n) is 4.62. The predicted octanol–water partition coefficient (Wildman–Crippen LogP) is 1.45. The van der Waals surface area contributed by atoms with Crippen molar-refractivity contribution in [3.8, 4) is 0 Å². The molecule has 2 aliphatic heterocycles. The van der Waals surface area contributed by atoms with Crippen molar-refractivity contribution >= 4 is 0 Å². The maximum Gasteiger partial charge on any atom is 0.264 e. The lowest BCUT2D eigenvalue weighted by molar-refractivity contribution is -0.624. The first kappa shape index (κ1) is 11.8. The van der Waals surface area contributed by atoms with Gasteiger partial charge in [0.25, 0.3) is 6.43 Å². The molecule has 1 spiro atoms. The molecule has 98 valence electrons. The number of aromatic nitrogens is 1. The first-order chi connectivity index (χ1) is 8.64. The van der Waals surface area contributed by atoms with Crippen LogP contribution in [0.25, 0.3) is 0 Å². The van der Waals surface area contributed by atoms with Gasteiger partial charge in [-0.2, -0.15) is 4.73 Å². The van der Waals surface area contributed by atoms with Gasteiger partial charge in [-0.25, -0.2) is 8.78 Å². The molecule has 0 bridgehead atoms. The normalized spacial score (nSPS) is 26.8. The average Bonchev–Trinajstić information content (AvgIpc) is 2.78. The molecule has 4 nitrogen and oxygen atoms in total. The topological polar surface area (TPSA) is 45.4 Å². The lowest BCUT2D eigenvalue weighted by Gasteiger charge is -2.32. The van der Waals surface area contributed by atoms with E-state index in [9.17, 15) is 14.0 Å². The Labute approximate surface area is 103 Å². The van der Waals surface area contributed by atoms with E-state index >= 15 is 0 Å². The van der Waals surface area contributed by atoms with Gasteiger partial charge in [-0.15, -0.1) is 0 Å². The van der Waals surface area contributed by atoms with Crippen LogP contribution in [0.4, 0.5) is 8.78 Å². The van der Waals surface area contributed by atoms with E-state index in [1.54, 1.807) is 0 Å².